The molecule has 2 aromatic carbocycles. The van der Waals surface area contributed by atoms with E-state index in [1.54, 1.807) is 17.0 Å². The number of hydrogen-bond acceptors (Lipinski definition) is 6. The fraction of sp³-hybridized carbons (Fsp3) is 0.480. The van der Waals surface area contributed by atoms with Crippen molar-refractivity contribution in [3.8, 4) is 17.2 Å². The monoisotopic (exact) mass is 490 g/mol. The van der Waals surface area contributed by atoms with Crippen molar-refractivity contribution in [3.63, 3.8) is 0 Å². The van der Waals surface area contributed by atoms with Gasteiger partial charge in [0.2, 0.25) is 15.8 Å². The van der Waals surface area contributed by atoms with Gasteiger partial charge in [-0.05, 0) is 74.6 Å². The van der Waals surface area contributed by atoms with Crippen LogP contribution in [0.2, 0.25) is 0 Å². The third-order valence-corrected chi connectivity index (χ3v) is 9.16. The highest BCUT2D eigenvalue weighted by molar-refractivity contribution is 7.89. The number of rotatable bonds is 6. The first kappa shape index (κ1) is 25.8. The maximum atomic E-state index is 13.6. The number of amides is 1. The first-order valence-corrected chi connectivity index (χ1v) is 12.6. The Hall–Kier alpha value is -2.78. The minimum absolute atomic E-state index is 0.217. The molecule has 0 aromatic heterocycles. The molecular weight excluding hydrogens is 456 g/mol. The SMILES string of the molecule is COc1ccc(C(=O)N2CCN(S(=O)(=O)c3c(C)c(C)c(C)c(C)c3C)CC2)c(OC)c1OC. The van der Waals surface area contributed by atoms with Gasteiger partial charge in [-0.3, -0.25) is 4.79 Å². The Morgan fingerprint density at radius 2 is 1.24 bits per heavy atom. The molecule has 34 heavy (non-hydrogen) atoms. The molecule has 0 bridgehead atoms. The van der Waals surface area contributed by atoms with Gasteiger partial charge in [0.05, 0.1) is 31.8 Å². The van der Waals surface area contributed by atoms with Crippen LogP contribution >= 0.6 is 0 Å². The van der Waals surface area contributed by atoms with Crippen LogP contribution in [-0.2, 0) is 10.0 Å². The highest BCUT2D eigenvalue weighted by Gasteiger charge is 2.34. The molecule has 1 amide bonds. The van der Waals surface area contributed by atoms with E-state index in [0.29, 0.717) is 27.7 Å². The van der Waals surface area contributed by atoms with Gasteiger partial charge in [-0.25, -0.2) is 8.42 Å². The number of nitrogens with zero attached hydrogens (tertiary/aromatic N) is 2. The summed E-state index contributed by atoms with van der Waals surface area (Å²) in [5, 5.41) is 0. The molecule has 1 heterocycles. The van der Waals surface area contributed by atoms with Gasteiger partial charge >= 0.3 is 0 Å². The zero-order chi connectivity index (χ0) is 25.4. The number of hydrogen-bond donors (Lipinski definition) is 0. The summed E-state index contributed by atoms with van der Waals surface area (Å²) in [7, 11) is 0.765. The molecule has 9 heteroatoms. The lowest BCUT2D eigenvalue weighted by Gasteiger charge is -2.35. The number of carbonyl (C=O) groups excluding carboxylic acids is 1. The van der Waals surface area contributed by atoms with E-state index in [1.165, 1.54) is 25.6 Å². The fourth-order valence-electron chi connectivity index (χ4n) is 4.55. The second-order valence-electron chi connectivity index (χ2n) is 8.53. The summed E-state index contributed by atoms with van der Waals surface area (Å²) >= 11 is 0. The predicted octanol–water partition coefficient (Wildman–Crippen LogP) is 3.40. The molecule has 1 aliphatic rings. The molecule has 1 saturated heterocycles. The molecule has 2 aromatic rings. The van der Waals surface area contributed by atoms with Crippen molar-refractivity contribution in [2.24, 2.45) is 0 Å². The van der Waals surface area contributed by atoms with Gasteiger partial charge in [-0.2, -0.15) is 4.31 Å². The number of methoxy groups -OCH3 is 3. The summed E-state index contributed by atoms with van der Waals surface area (Å²) in [5.41, 5.74) is 5.02. The van der Waals surface area contributed by atoms with Crippen molar-refractivity contribution in [3.05, 3.63) is 45.5 Å². The van der Waals surface area contributed by atoms with Gasteiger partial charge in [-0.1, -0.05) is 0 Å². The van der Waals surface area contributed by atoms with E-state index < -0.39 is 10.0 Å². The molecule has 0 saturated carbocycles. The van der Waals surface area contributed by atoms with Crippen LogP contribution in [0.15, 0.2) is 17.0 Å². The van der Waals surface area contributed by atoms with Gasteiger partial charge in [0.1, 0.15) is 0 Å². The predicted molar refractivity (Wildman–Crippen MR) is 131 cm³/mol. The van der Waals surface area contributed by atoms with Crippen LogP contribution in [0.1, 0.15) is 38.2 Å². The summed E-state index contributed by atoms with van der Waals surface area (Å²) in [6.07, 6.45) is 0. The molecule has 0 atom stereocenters. The van der Waals surface area contributed by atoms with Crippen LogP contribution in [-0.4, -0.2) is 71.0 Å². The first-order chi connectivity index (χ1) is 16.0. The summed E-state index contributed by atoms with van der Waals surface area (Å²) < 4.78 is 44.8. The second-order valence-corrected chi connectivity index (χ2v) is 10.4. The Kier molecular flexibility index (Phi) is 7.47. The van der Waals surface area contributed by atoms with E-state index >= 15 is 0 Å². The van der Waals surface area contributed by atoms with Gasteiger partial charge < -0.3 is 19.1 Å². The topological polar surface area (TPSA) is 85.4 Å². The molecule has 0 N–H and O–H groups in total. The Labute approximate surface area is 202 Å². The minimum atomic E-state index is -3.70. The van der Waals surface area contributed by atoms with Gasteiger partial charge in [0.25, 0.3) is 5.91 Å². The lowest BCUT2D eigenvalue weighted by atomic mass is 9.95. The standard InChI is InChI=1S/C25H34N2O6S/c1-15-16(2)18(4)24(19(5)17(15)3)34(29,30)27-13-11-26(12-14-27)25(28)20-9-10-21(31-6)23(33-8)22(20)32-7/h9-10H,11-14H2,1-8H3. The first-order valence-electron chi connectivity index (χ1n) is 11.2. The van der Waals surface area contributed by atoms with Crippen LogP contribution in [0, 0.1) is 34.6 Å². The zero-order valence-electron chi connectivity index (χ0n) is 21.2. The molecule has 186 valence electrons. The molecular formula is C25H34N2O6S. The maximum absolute atomic E-state index is 13.6. The van der Waals surface area contributed by atoms with E-state index in [4.69, 9.17) is 14.2 Å². The molecule has 1 aliphatic heterocycles. The molecule has 3 rings (SSSR count). The summed E-state index contributed by atoms with van der Waals surface area (Å²) in [5.74, 6) is 0.845. The summed E-state index contributed by atoms with van der Waals surface area (Å²) in [4.78, 5) is 15.3. The molecule has 0 radical (unpaired) electrons. The van der Waals surface area contributed by atoms with Gasteiger partial charge in [0.15, 0.2) is 11.5 Å². The van der Waals surface area contributed by atoms with Crippen LogP contribution in [0.3, 0.4) is 0 Å². The second kappa shape index (κ2) is 9.84. The number of sulfonamides is 1. The van der Waals surface area contributed by atoms with E-state index in [0.717, 1.165) is 27.8 Å². The lowest BCUT2D eigenvalue weighted by molar-refractivity contribution is 0.0693. The van der Waals surface area contributed by atoms with Gasteiger partial charge in [-0.15, -0.1) is 0 Å². The van der Waals surface area contributed by atoms with Crippen molar-refractivity contribution >= 4 is 15.9 Å². The number of ether oxygens (including phenoxy) is 3. The Balaban J connectivity index is 1.86. The third-order valence-electron chi connectivity index (χ3n) is 6.99. The van der Waals surface area contributed by atoms with Crippen molar-refractivity contribution in [1.82, 2.24) is 9.21 Å². The largest absolute Gasteiger partial charge is 0.493 e. The van der Waals surface area contributed by atoms with E-state index in [2.05, 4.69) is 0 Å². The lowest BCUT2D eigenvalue weighted by Crippen LogP contribution is -2.50. The van der Waals surface area contributed by atoms with Crippen molar-refractivity contribution in [2.75, 3.05) is 47.5 Å². The highest BCUT2D eigenvalue weighted by atomic mass is 32.2. The van der Waals surface area contributed by atoms with Crippen molar-refractivity contribution in [1.29, 1.82) is 0 Å². The van der Waals surface area contributed by atoms with Crippen LogP contribution in [0.25, 0.3) is 0 Å². The molecule has 1 fully saturated rings. The summed E-state index contributed by atoms with van der Waals surface area (Å²) in [6, 6.07) is 3.29. The van der Waals surface area contributed by atoms with Crippen LogP contribution in [0.4, 0.5) is 0 Å². The average Bonchev–Trinajstić information content (AvgIpc) is 2.84. The van der Waals surface area contributed by atoms with Gasteiger partial charge in [0, 0.05) is 26.2 Å². The van der Waals surface area contributed by atoms with Crippen molar-refractivity contribution < 1.29 is 27.4 Å². The minimum Gasteiger partial charge on any atom is -0.493 e. The maximum Gasteiger partial charge on any atom is 0.257 e. The van der Waals surface area contributed by atoms with E-state index in [-0.39, 0.29) is 32.1 Å². The molecule has 0 aliphatic carbocycles. The normalized spacial score (nSPS) is 14.8. The Morgan fingerprint density at radius 3 is 1.71 bits per heavy atom. The number of carbonyl (C=O) groups is 1. The van der Waals surface area contributed by atoms with Crippen LogP contribution in [0.5, 0.6) is 17.2 Å². The average molecular weight is 491 g/mol. The molecule has 0 unspecified atom stereocenters. The highest BCUT2D eigenvalue weighted by Crippen LogP contribution is 2.40. The quantitative estimate of drug-likeness (QED) is 0.617. The fourth-order valence-corrected chi connectivity index (χ4v) is 6.54. The Bertz CT molecular complexity index is 1190. The van der Waals surface area contributed by atoms with Crippen molar-refractivity contribution in [2.45, 2.75) is 39.5 Å². The smallest absolute Gasteiger partial charge is 0.257 e. The summed E-state index contributed by atoms with van der Waals surface area (Å²) in [6.45, 7) is 10.7. The van der Waals surface area contributed by atoms with E-state index in [1.807, 2.05) is 34.6 Å². The molecule has 8 nitrogen and oxygen atoms in total. The zero-order valence-corrected chi connectivity index (χ0v) is 22.1. The van der Waals surface area contributed by atoms with E-state index in [9.17, 15) is 13.2 Å². The van der Waals surface area contributed by atoms with Crippen LogP contribution < -0.4 is 14.2 Å². The number of benzene rings is 2. The molecule has 0 spiro atoms. The number of piperazine rings is 1. The Morgan fingerprint density at radius 1 is 0.735 bits per heavy atom. The third kappa shape index (κ3) is 4.22.